The van der Waals surface area contributed by atoms with E-state index in [1.165, 1.54) is 0 Å². The van der Waals surface area contributed by atoms with Crippen LogP contribution in [0.1, 0.15) is 28.0 Å². The molecule has 0 saturated carbocycles. The molecule has 1 heterocycles. The molecule has 0 radical (unpaired) electrons. The number of carbonyl (C=O) groups is 2. The van der Waals surface area contributed by atoms with E-state index in [9.17, 15) is 9.59 Å². The van der Waals surface area contributed by atoms with Crippen molar-refractivity contribution in [3.63, 3.8) is 0 Å². The number of nitrogens with one attached hydrogen (secondary N) is 2. The van der Waals surface area contributed by atoms with E-state index in [0.29, 0.717) is 24.2 Å². The van der Waals surface area contributed by atoms with Gasteiger partial charge in [-0.05, 0) is 46.5 Å². The summed E-state index contributed by atoms with van der Waals surface area (Å²) in [4.78, 5) is 28.6. The molecule has 166 valence electrons. The third-order valence-corrected chi connectivity index (χ3v) is 5.95. The predicted octanol–water partition coefficient (Wildman–Crippen LogP) is 6.46. The van der Waals surface area contributed by atoms with Crippen LogP contribution in [0.15, 0.2) is 115 Å². The molecule has 34 heavy (non-hydrogen) atoms. The first-order valence-electron chi connectivity index (χ1n) is 11.3. The first-order valence-corrected chi connectivity index (χ1v) is 11.3. The minimum atomic E-state index is -0.106. The molecule has 5 rings (SSSR count). The molecule has 1 aromatic heterocycles. The van der Waals surface area contributed by atoms with Crippen LogP contribution in [0.5, 0.6) is 0 Å². The molecule has 1 amide bonds. The fraction of sp³-hybridized carbons (Fsp3) is 0.0667. The van der Waals surface area contributed by atoms with Crippen molar-refractivity contribution in [2.45, 2.75) is 12.8 Å². The number of ketones is 1. The van der Waals surface area contributed by atoms with Gasteiger partial charge in [0.15, 0.2) is 5.78 Å². The van der Waals surface area contributed by atoms with Crippen molar-refractivity contribution < 1.29 is 9.59 Å². The molecule has 0 unspecified atom stereocenters. The highest BCUT2D eigenvalue weighted by atomic mass is 16.1. The number of Topliss-reactive ketones (excluding diaryl/α,β-unsaturated/α-hetero) is 1. The Balaban J connectivity index is 1.17. The number of hydrogen-bond donors (Lipinski definition) is 2. The SMILES string of the molecule is O=C(Nc1ccc(CC(=O)c2ccc(-c3ccccc3)[nH]2)cc1)C1=CC=C(c2ccccc2)C1. The van der Waals surface area contributed by atoms with E-state index < -0.39 is 0 Å². The van der Waals surface area contributed by atoms with Crippen molar-refractivity contribution in [1.29, 1.82) is 0 Å². The normalized spacial score (nSPS) is 12.7. The van der Waals surface area contributed by atoms with Crippen molar-refractivity contribution in [3.8, 4) is 11.3 Å². The number of benzene rings is 3. The summed E-state index contributed by atoms with van der Waals surface area (Å²) in [5, 5.41) is 2.96. The Morgan fingerprint density at radius 2 is 1.41 bits per heavy atom. The Morgan fingerprint density at radius 1 is 0.735 bits per heavy atom. The smallest absolute Gasteiger partial charge is 0.251 e. The van der Waals surface area contributed by atoms with E-state index >= 15 is 0 Å². The van der Waals surface area contributed by atoms with Gasteiger partial charge in [-0.15, -0.1) is 0 Å². The van der Waals surface area contributed by atoms with Crippen molar-refractivity contribution in [2.24, 2.45) is 0 Å². The Kier molecular flexibility index (Phi) is 6.04. The zero-order valence-corrected chi connectivity index (χ0v) is 18.6. The lowest BCUT2D eigenvalue weighted by Gasteiger charge is -2.08. The Morgan fingerprint density at radius 3 is 2.12 bits per heavy atom. The zero-order chi connectivity index (χ0) is 23.3. The number of carbonyl (C=O) groups excluding carboxylic acids is 2. The quantitative estimate of drug-likeness (QED) is 0.321. The van der Waals surface area contributed by atoms with Gasteiger partial charge in [0.2, 0.25) is 0 Å². The number of rotatable bonds is 7. The number of hydrogen-bond acceptors (Lipinski definition) is 2. The second-order valence-electron chi connectivity index (χ2n) is 8.33. The Labute approximate surface area is 198 Å². The summed E-state index contributed by atoms with van der Waals surface area (Å²) >= 11 is 0. The molecule has 0 fully saturated rings. The van der Waals surface area contributed by atoms with Gasteiger partial charge in [-0.3, -0.25) is 9.59 Å². The summed E-state index contributed by atoms with van der Waals surface area (Å²) < 4.78 is 0. The molecule has 0 atom stereocenters. The minimum absolute atomic E-state index is 0.0228. The van der Waals surface area contributed by atoms with Gasteiger partial charge in [-0.2, -0.15) is 0 Å². The van der Waals surface area contributed by atoms with Gasteiger partial charge in [0.25, 0.3) is 5.91 Å². The molecule has 0 saturated heterocycles. The summed E-state index contributed by atoms with van der Waals surface area (Å²) in [6, 6.07) is 31.2. The predicted molar refractivity (Wildman–Crippen MR) is 136 cm³/mol. The lowest BCUT2D eigenvalue weighted by molar-refractivity contribution is -0.112. The van der Waals surface area contributed by atoms with Crippen LogP contribution in [0.25, 0.3) is 16.8 Å². The topological polar surface area (TPSA) is 62.0 Å². The molecule has 4 heteroatoms. The average molecular weight is 445 g/mol. The van der Waals surface area contributed by atoms with E-state index in [2.05, 4.69) is 22.4 Å². The second kappa shape index (κ2) is 9.59. The van der Waals surface area contributed by atoms with Crippen LogP contribution < -0.4 is 5.32 Å². The number of anilines is 1. The summed E-state index contributed by atoms with van der Waals surface area (Å²) in [6.07, 6.45) is 4.79. The van der Waals surface area contributed by atoms with E-state index in [0.717, 1.165) is 33.5 Å². The Hall–Kier alpha value is -4.44. The van der Waals surface area contributed by atoms with Gasteiger partial charge < -0.3 is 10.3 Å². The van der Waals surface area contributed by atoms with Crippen LogP contribution in [0, 0.1) is 0 Å². The standard InChI is InChI=1S/C30H24N2O2/c33-29(28-18-17-27(32-28)23-9-5-2-6-10-23)19-21-11-15-26(16-12-21)31-30(34)25-14-13-24(20-25)22-7-3-1-4-8-22/h1-18,32H,19-20H2,(H,31,34). The number of allylic oxidation sites excluding steroid dienone is 3. The molecule has 0 bridgehead atoms. The molecule has 1 aliphatic carbocycles. The molecule has 0 spiro atoms. The maximum atomic E-state index is 12.7. The van der Waals surface area contributed by atoms with Crippen molar-refractivity contribution in [1.82, 2.24) is 4.98 Å². The highest BCUT2D eigenvalue weighted by molar-refractivity contribution is 6.06. The highest BCUT2D eigenvalue weighted by Crippen LogP contribution is 2.28. The summed E-state index contributed by atoms with van der Waals surface area (Å²) in [5.74, 6) is -0.0829. The van der Waals surface area contributed by atoms with E-state index in [1.54, 1.807) is 0 Å². The van der Waals surface area contributed by atoms with Gasteiger partial charge in [0, 0.05) is 29.8 Å². The summed E-state index contributed by atoms with van der Waals surface area (Å²) in [6.45, 7) is 0. The zero-order valence-electron chi connectivity index (χ0n) is 18.6. The van der Waals surface area contributed by atoms with Crippen LogP contribution in [0.3, 0.4) is 0 Å². The van der Waals surface area contributed by atoms with Gasteiger partial charge >= 0.3 is 0 Å². The number of aromatic amines is 1. The van der Waals surface area contributed by atoms with Crippen LogP contribution in [-0.2, 0) is 11.2 Å². The van der Waals surface area contributed by atoms with E-state index in [4.69, 9.17) is 0 Å². The van der Waals surface area contributed by atoms with Gasteiger partial charge in [0.05, 0.1) is 5.69 Å². The first kappa shape index (κ1) is 21.4. The Bertz CT molecular complexity index is 1380. The minimum Gasteiger partial charge on any atom is -0.352 e. The maximum Gasteiger partial charge on any atom is 0.251 e. The number of H-pyrrole nitrogens is 1. The summed E-state index contributed by atoms with van der Waals surface area (Å²) in [5.41, 5.74) is 7.17. The molecule has 4 nitrogen and oxygen atoms in total. The van der Waals surface area contributed by atoms with Crippen LogP contribution >= 0.6 is 0 Å². The molecule has 0 aliphatic heterocycles. The monoisotopic (exact) mass is 444 g/mol. The molecule has 2 N–H and O–H groups in total. The molecular formula is C30H24N2O2. The fourth-order valence-corrected chi connectivity index (χ4v) is 4.07. The number of amides is 1. The molecule has 1 aliphatic rings. The maximum absolute atomic E-state index is 12.7. The van der Waals surface area contributed by atoms with Crippen molar-refractivity contribution >= 4 is 23.0 Å². The third kappa shape index (κ3) is 4.81. The van der Waals surface area contributed by atoms with Crippen molar-refractivity contribution in [2.75, 3.05) is 5.32 Å². The lowest BCUT2D eigenvalue weighted by atomic mass is 10.0. The van der Waals surface area contributed by atoms with Gasteiger partial charge in [0.1, 0.15) is 0 Å². The van der Waals surface area contributed by atoms with Crippen molar-refractivity contribution in [3.05, 3.63) is 132 Å². The fourth-order valence-electron chi connectivity index (χ4n) is 4.07. The van der Waals surface area contributed by atoms with Gasteiger partial charge in [-0.25, -0.2) is 0 Å². The largest absolute Gasteiger partial charge is 0.352 e. The first-order chi connectivity index (χ1) is 16.7. The number of aromatic nitrogens is 1. The molecule has 4 aromatic rings. The van der Waals surface area contributed by atoms with Crippen LogP contribution in [-0.4, -0.2) is 16.7 Å². The van der Waals surface area contributed by atoms with Gasteiger partial charge in [-0.1, -0.05) is 84.9 Å². The average Bonchev–Trinajstić information content (AvgIpc) is 3.57. The summed E-state index contributed by atoms with van der Waals surface area (Å²) in [7, 11) is 0. The van der Waals surface area contributed by atoms with E-state index in [-0.39, 0.29) is 11.7 Å². The molecule has 3 aromatic carbocycles. The van der Waals surface area contributed by atoms with Crippen LogP contribution in [0.2, 0.25) is 0 Å². The van der Waals surface area contributed by atoms with E-state index in [1.807, 2.05) is 97.1 Å². The lowest BCUT2D eigenvalue weighted by Crippen LogP contribution is -2.13. The van der Waals surface area contributed by atoms with Crippen LogP contribution in [0.4, 0.5) is 5.69 Å². The highest BCUT2D eigenvalue weighted by Gasteiger charge is 2.17. The third-order valence-electron chi connectivity index (χ3n) is 5.95. The molecular weight excluding hydrogens is 420 g/mol. The second-order valence-corrected chi connectivity index (χ2v) is 8.33.